The Morgan fingerprint density at radius 1 is 1.26 bits per heavy atom. The summed E-state index contributed by atoms with van der Waals surface area (Å²) in [7, 11) is 4.47. The van der Waals surface area contributed by atoms with Crippen LogP contribution in [0.3, 0.4) is 0 Å². The molecule has 3 N–H and O–H groups in total. The number of carbonyl (C=O) groups is 2. The average Bonchev–Trinajstić information content (AvgIpc) is 3.52. The molecule has 3 aliphatic rings. The number of alkyl carbamates (subject to hydrolysis) is 1. The zero-order chi connectivity index (χ0) is 28.1. The molecule has 3 heterocycles. The number of epoxide rings is 1. The van der Waals surface area contributed by atoms with Crippen molar-refractivity contribution < 1.29 is 34.0 Å². The molecule has 9 nitrogen and oxygen atoms in total. The van der Waals surface area contributed by atoms with Crippen molar-refractivity contribution in [3.8, 4) is 5.75 Å². The summed E-state index contributed by atoms with van der Waals surface area (Å²) in [6, 6.07) is 4.11. The second kappa shape index (κ2) is 12.3. The van der Waals surface area contributed by atoms with Crippen LogP contribution in [0.25, 0.3) is 0 Å². The van der Waals surface area contributed by atoms with Crippen LogP contribution in [-0.4, -0.2) is 67.0 Å². The molecule has 4 rings (SSSR count). The van der Waals surface area contributed by atoms with Gasteiger partial charge in [0.05, 0.1) is 24.5 Å². The number of nitrogens with one attached hydrogen (secondary N) is 1. The largest absolute Gasteiger partial charge is 0.496 e. The van der Waals surface area contributed by atoms with Crippen molar-refractivity contribution >= 4 is 17.7 Å². The molecule has 0 radical (unpaired) electrons. The minimum absolute atomic E-state index is 0.00941. The van der Waals surface area contributed by atoms with E-state index in [0.29, 0.717) is 25.7 Å². The number of ether oxygens (including phenoxy) is 3. The SMILES string of the molecule is CCc1c(OC)cc2cc1N(C)C(=O)CCC1(C)OC1CC1C[C@](O)(C/C=C/C=C(\C)C2)NC(=O)O1.CO. The maximum atomic E-state index is 13.3. The van der Waals surface area contributed by atoms with Gasteiger partial charge in [0.2, 0.25) is 5.91 Å². The van der Waals surface area contributed by atoms with E-state index < -0.39 is 23.5 Å². The molecule has 2 saturated heterocycles. The van der Waals surface area contributed by atoms with Crippen LogP contribution in [0.15, 0.2) is 35.9 Å². The lowest BCUT2D eigenvalue weighted by molar-refractivity contribution is -0.118. The summed E-state index contributed by atoms with van der Waals surface area (Å²) < 4.78 is 17.1. The highest BCUT2D eigenvalue weighted by Crippen LogP contribution is 2.45. The Morgan fingerprint density at radius 3 is 2.68 bits per heavy atom. The van der Waals surface area contributed by atoms with Gasteiger partial charge in [0.25, 0.3) is 0 Å². The molecule has 4 atom stereocenters. The van der Waals surface area contributed by atoms with Gasteiger partial charge in [0.15, 0.2) is 0 Å². The van der Waals surface area contributed by atoms with Crippen LogP contribution in [-0.2, 0) is 27.1 Å². The number of allylic oxidation sites excluding steroid dienone is 3. The molecule has 0 aromatic heterocycles. The lowest BCUT2D eigenvalue weighted by Gasteiger charge is -2.36. The number of aliphatic hydroxyl groups is 2. The second-order valence-corrected chi connectivity index (χ2v) is 10.5. The second-order valence-electron chi connectivity index (χ2n) is 10.5. The number of amides is 2. The molecule has 1 aromatic rings. The molecule has 3 aliphatic heterocycles. The minimum Gasteiger partial charge on any atom is -0.496 e. The third kappa shape index (κ3) is 6.95. The first-order chi connectivity index (χ1) is 18.1. The van der Waals surface area contributed by atoms with Crippen molar-refractivity contribution in [2.45, 2.75) is 89.3 Å². The Labute approximate surface area is 225 Å². The monoisotopic (exact) mass is 530 g/mol. The number of hydrogen-bond donors (Lipinski definition) is 3. The van der Waals surface area contributed by atoms with Gasteiger partial charge in [-0.2, -0.15) is 0 Å². The van der Waals surface area contributed by atoms with Crippen LogP contribution in [0.5, 0.6) is 5.75 Å². The summed E-state index contributed by atoms with van der Waals surface area (Å²) in [5.74, 6) is 0.789. The average molecular weight is 531 g/mol. The Morgan fingerprint density at radius 2 is 2.00 bits per heavy atom. The number of carbonyl (C=O) groups excluding carboxylic acids is 2. The molecule has 3 unspecified atom stereocenters. The fourth-order valence-electron chi connectivity index (χ4n) is 5.31. The van der Waals surface area contributed by atoms with Crippen LogP contribution in [0.4, 0.5) is 10.5 Å². The van der Waals surface area contributed by atoms with Crippen molar-refractivity contribution in [2.24, 2.45) is 0 Å². The number of aliphatic hydroxyl groups excluding tert-OH is 1. The van der Waals surface area contributed by atoms with E-state index in [1.165, 1.54) is 0 Å². The van der Waals surface area contributed by atoms with Crippen LogP contribution in [0, 0.1) is 0 Å². The number of methoxy groups -OCH3 is 1. The molecule has 4 bridgehead atoms. The lowest BCUT2D eigenvalue weighted by atomic mass is 9.92. The van der Waals surface area contributed by atoms with Crippen molar-refractivity contribution in [3.63, 3.8) is 0 Å². The quantitative estimate of drug-likeness (QED) is 0.498. The van der Waals surface area contributed by atoms with E-state index in [-0.39, 0.29) is 24.9 Å². The number of rotatable bonds is 2. The summed E-state index contributed by atoms with van der Waals surface area (Å²) >= 11 is 0. The van der Waals surface area contributed by atoms with Gasteiger partial charge in [-0.25, -0.2) is 4.79 Å². The summed E-state index contributed by atoms with van der Waals surface area (Å²) in [5.41, 5.74) is 2.21. The molecular weight excluding hydrogens is 488 g/mol. The van der Waals surface area contributed by atoms with Crippen LogP contribution in [0.2, 0.25) is 0 Å². The molecule has 2 amide bonds. The minimum atomic E-state index is -1.37. The lowest BCUT2D eigenvalue weighted by Crippen LogP contribution is -2.56. The third-order valence-corrected chi connectivity index (χ3v) is 7.53. The maximum Gasteiger partial charge on any atom is 0.409 e. The van der Waals surface area contributed by atoms with Gasteiger partial charge in [-0.1, -0.05) is 30.7 Å². The number of hydrogen-bond acceptors (Lipinski definition) is 7. The van der Waals surface area contributed by atoms with Crippen LogP contribution >= 0.6 is 0 Å². The standard InChI is InChI=1S/C28H38N2O6.CH4O/c1-6-21-22-14-19(15-23(21)34-5)13-18(2)9-7-8-11-28(33)17-20(35-26(32)29-28)16-24-27(3,36-24)12-10-25(31)30(22)4;1-2/h7-9,14-15,20,24,33H,6,10-13,16-17H2,1-5H3,(H,29,32);2H,1H3/b8-7+,18-9+;/t20?,24?,27?,28-;/m1./s1. The van der Waals surface area contributed by atoms with Gasteiger partial charge in [0, 0.05) is 45.4 Å². The van der Waals surface area contributed by atoms with Crippen molar-refractivity contribution in [1.29, 1.82) is 0 Å². The van der Waals surface area contributed by atoms with E-state index in [1.54, 1.807) is 12.0 Å². The molecule has 1 aromatic carbocycles. The van der Waals surface area contributed by atoms with E-state index >= 15 is 0 Å². The third-order valence-electron chi connectivity index (χ3n) is 7.53. The zero-order valence-electron chi connectivity index (χ0n) is 23.4. The Bertz CT molecular complexity index is 1080. The maximum absolute atomic E-state index is 13.3. The van der Waals surface area contributed by atoms with Gasteiger partial charge < -0.3 is 29.3 Å². The van der Waals surface area contributed by atoms with Crippen molar-refractivity contribution in [3.05, 3.63) is 47.1 Å². The van der Waals surface area contributed by atoms with Gasteiger partial charge >= 0.3 is 6.09 Å². The van der Waals surface area contributed by atoms with E-state index in [9.17, 15) is 14.7 Å². The number of nitrogens with zero attached hydrogens (tertiary/aromatic N) is 1. The molecule has 0 aliphatic carbocycles. The fraction of sp³-hybridized carbons (Fsp3) is 0.586. The fourth-order valence-corrected chi connectivity index (χ4v) is 5.31. The first-order valence-corrected chi connectivity index (χ1v) is 13.2. The molecule has 9 heteroatoms. The molecule has 0 spiro atoms. The zero-order valence-corrected chi connectivity index (χ0v) is 23.4. The van der Waals surface area contributed by atoms with Crippen molar-refractivity contribution in [2.75, 3.05) is 26.2 Å². The molecule has 2 fully saturated rings. The highest BCUT2D eigenvalue weighted by Gasteiger charge is 2.54. The Kier molecular flexibility index (Phi) is 9.62. The Hall–Kier alpha value is -2.88. The van der Waals surface area contributed by atoms with Gasteiger partial charge in [-0.15, -0.1) is 0 Å². The topological polar surface area (TPSA) is 121 Å². The molecule has 38 heavy (non-hydrogen) atoms. The predicted molar refractivity (Wildman–Crippen MR) is 145 cm³/mol. The molecule has 0 saturated carbocycles. The van der Waals surface area contributed by atoms with Gasteiger partial charge in [0.1, 0.15) is 17.6 Å². The molecular formula is C29H42N2O7. The number of fused-ring (bicyclic) bond motifs is 5. The smallest absolute Gasteiger partial charge is 0.409 e. The van der Waals surface area contributed by atoms with Crippen LogP contribution < -0.4 is 15.0 Å². The Balaban J connectivity index is 0.00000195. The van der Waals surface area contributed by atoms with Gasteiger partial charge in [-0.05, 0) is 50.8 Å². The predicted octanol–water partition coefficient (Wildman–Crippen LogP) is 3.79. The highest BCUT2D eigenvalue weighted by atomic mass is 16.6. The van der Waals surface area contributed by atoms with E-state index in [4.69, 9.17) is 19.3 Å². The summed E-state index contributed by atoms with van der Waals surface area (Å²) in [4.78, 5) is 27.1. The normalized spacial score (nSPS) is 31.9. The van der Waals surface area contributed by atoms with E-state index in [1.807, 2.05) is 45.2 Å². The van der Waals surface area contributed by atoms with Crippen molar-refractivity contribution in [1.82, 2.24) is 5.32 Å². The summed E-state index contributed by atoms with van der Waals surface area (Å²) in [5, 5.41) is 20.6. The van der Waals surface area contributed by atoms with Gasteiger partial charge in [-0.3, -0.25) is 10.1 Å². The molecule has 210 valence electrons. The van der Waals surface area contributed by atoms with Crippen LogP contribution in [0.1, 0.15) is 64.0 Å². The van der Waals surface area contributed by atoms with E-state index in [0.717, 1.165) is 41.7 Å². The highest BCUT2D eigenvalue weighted by molar-refractivity contribution is 5.94. The first kappa shape index (κ1) is 29.7. The first-order valence-electron chi connectivity index (χ1n) is 13.2. The van der Waals surface area contributed by atoms with E-state index in [2.05, 4.69) is 18.3 Å². The number of benzene rings is 1. The number of anilines is 1. The summed E-state index contributed by atoms with van der Waals surface area (Å²) in [6.45, 7) is 6.09. The summed E-state index contributed by atoms with van der Waals surface area (Å²) in [6.07, 6.45) is 7.89.